The minimum absolute atomic E-state index is 0.275. The third kappa shape index (κ3) is 8.51. The number of fused-ring (bicyclic) bond motifs is 6. The summed E-state index contributed by atoms with van der Waals surface area (Å²) in [6.07, 6.45) is 0. The molecule has 2 aromatic heterocycles. The van der Waals surface area contributed by atoms with Gasteiger partial charge in [0.25, 0.3) is 0 Å². The van der Waals surface area contributed by atoms with E-state index in [0.717, 1.165) is 123 Å². The second kappa shape index (κ2) is 19.8. The monoisotopic (exact) mass is 1040 g/mol. The first-order valence-electron chi connectivity index (χ1n) is 26.4. The van der Waals surface area contributed by atoms with Crippen molar-refractivity contribution in [3.8, 4) is 44.8 Å². The summed E-state index contributed by atoms with van der Waals surface area (Å²) in [4.78, 5) is 4.47. The van der Waals surface area contributed by atoms with Crippen molar-refractivity contribution in [1.82, 2.24) is 9.13 Å². The van der Waals surface area contributed by atoms with E-state index in [1.165, 1.54) is 24.3 Å². The van der Waals surface area contributed by atoms with Crippen molar-refractivity contribution >= 4 is 77.7 Å². The van der Waals surface area contributed by atoms with Crippen LogP contribution in [-0.2, 0) is 0 Å². The normalized spacial score (nSPS) is 11.5. The molecule has 12 aromatic carbocycles. The van der Waals surface area contributed by atoms with E-state index in [4.69, 9.17) is 0 Å². The Morgan fingerprint density at radius 1 is 0.225 bits per heavy atom. The van der Waals surface area contributed by atoms with Crippen molar-refractivity contribution in [3.05, 3.63) is 302 Å². The Morgan fingerprint density at radius 2 is 0.512 bits per heavy atom. The number of para-hydroxylation sites is 2. The predicted molar refractivity (Wildman–Crippen MR) is 321 cm³/mol. The molecule has 0 aliphatic carbocycles. The quantitative estimate of drug-likeness (QED) is 0.120. The summed E-state index contributed by atoms with van der Waals surface area (Å²) in [6, 6.07) is 90.5. The van der Waals surface area contributed by atoms with E-state index in [1.807, 2.05) is 106 Å². The zero-order chi connectivity index (χ0) is 53.8. The summed E-state index contributed by atoms with van der Waals surface area (Å²) >= 11 is 0. The van der Waals surface area contributed by atoms with Gasteiger partial charge in [-0.1, -0.05) is 146 Å². The van der Waals surface area contributed by atoms with Crippen LogP contribution in [0.5, 0.6) is 0 Å². The topological polar surface area (TPSA) is 16.3 Å². The van der Waals surface area contributed by atoms with Gasteiger partial charge in [-0.25, -0.2) is 17.6 Å². The van der Waals surface area contributed by atoms with Gasteiger partial charge in [0.05, 0.1) is 33.4 Å². The van der Waals surface area contributed by atoms with Gasteiger partial charge in [-0.2, -0.15) is 0 Å². The lowest BCUT2D eigenvalue weighted by Gasteiger charge is -2.27. The predicted octanol–water partition coefficient (Wildman–Crippen LogP) is 20.4. The molecule has 0 unspecified atom stereocenters. The Labute approximate surface area is 459 Å². The summed E-state index contributed by atoms with van der Waals surface area (Å²) < 4.78 is 63.2. The van der Waals surface area contributed by atoms with E-state index >= 15 is 8.78 Å². The number of hydrogen-bond donors (Lipinski definition) is 0. The number of hydrogen-bond acceptors (Lipinski definition) is 2. The molecule has 0 bridgehead atoms. The maximum atomic E-state index is 15.6. The molecular formula is C72H46F4N4. The van der Waals surface area contributed by atoms with Crippen LogP contribution in [0.15, 0.2) is 279 Å². The molecule has 0 fully saturated rings. The lowest BCUT2D eigenvalue weighted by molar-refractivity contribution is 0.578. The molecule has 0 saturated heterocycles. The minimum Gasteiger partial charge on any atom is -0.310 e. The lowest BCUT2D eigenvalue weighted by atomic mass is 10.0. The second-order valence-electron chi connectivity index (χ2n) is 19.9. The first-order chi connectivity index (χ1) is 39.3. The molecule has 80 heavy (non-hydrogen) atoms. The third-order valence-corrected chi connectivity index (χ3v) is 15.2. The summed E-state index contributed by atoms with van der Waals surface area (Å²) in [5.74, 6) is -2.53. The van der Waals surface area contributed by atoms with Gasteiger partial charge in [0, 0.05) is 67.8 Å². The molecule has 0 spiro atoms. The highest BCUT2D eigenvalue weighted by Crippen LogP contribution is 2.44. The van der Waals surface area contributed by atoms with Gasteiger partial charge in [-0.05, 0) is 155 Å². The van der Waals surface area contributed by atoms with Crippen molar-refractivity contribution in [2.45, 2.75) is 0 Å². The van der Waals surface area contributed by atoms with Crippen LogP contribution in [0.4, 0.5) is 51.7 Å². The molecule has 14 aromatic rings. The molecule has 0 saturated carbocycles. The molecule has 0 atom stereocenters. The molecule has 0 amide bonds. The standard InChI is InChI=1S/C72H46F4N4/c73-53-27-39-71(65(75)43-53)79-67-17-9-7-15-61(67)63-45-59(37-41-69(63)79)77(55-29-19-49(20-30-55)47-11-3-1-4-12-47)57-33-23-51(24-34-57)52-25-35-58(36-26-52)78(56-31-21-50(22-32-56)48-13-5-2-6-14-48)60-38-42-70-64(46-60)62-16-8-10-18-68(62)80(70)72-40-28-54(74)44-66(72)76/h1-46H. The minimum atomic E-state index is -0.639. The Bertz CT molecular complexity index is 4310. The first-order valence-corrected chi connectivity index (χ1v) is 26.4. The van der Waals surface area contributed by atoms with E-state index in [2.05, 4.69) is 155 Å². The van der Waals surface area contributed by atoms with Crippen LogP contribution in [-0.4, -0.2) is 9.13 Å². The fourth-order valence-electron chi connectivity index (χ4n) is 11.4. The number of rotatable bonds is 11. The largest absolute Gasteiger partial charge is 0.310 e. The smallest absolute Gasteiger partial charge is 0.150 e. The molecule has 8 heteroatoms. The fourth-order valence-corrected chi connectivity index (χ4v) is 11.4. The highest BCUT2D eigenvalue weighted by atomic mass is 19.1. The lowest BCUT2D eigenvalue weighted by Crippen LogP contribution is -2.10. The molecule has 4 nitrogen and oxygen atoms in total. The molecule has 2 heterocycles. The van der Waals surface area contributed by atoms with Crippen LogP contribution in [0.25, 0.3) is 88.4 Å². The van der Waals surface area contributed by atoms with Gasteiger partial charge in [-0.3, -0.25) is 0 Å². The van der Waals surface area contributed by atoms with Crippen molar-refractivity contribution < 1.29 is 17.6 Å². The Kier molecular flexibility index (Phi) is 11.9. The SMILES string of the molecule is Fc1ccc(-n2c3ccccc3c3cc(N(c4ccc(-c5ccccc5)cc4)c4ccc(-c5ccc(N(c6ccc(-c7ccccc7)cc6)c6ccc7c(c6)c6ccccc6n7-c6ccc(F)cc6F)cc5)cc4)ccc32)c(F)c1. The van der Waals surface area contributed by atoms with Crippen molar-refractivity contribution in [1.29, 1.82) is 0 Å². The van der Waals surface area contributed by atoms with Gasteiger partial charge >= 0.3 is 0 Å². The number of benzene rings is 12. The van der Waals surface area contributed by atoms with Crippen molar-refractivity contribution in [3.63, 3.8) is 0 Å². The zero-order valence-corrected chi connectivity index (χ0v) is 42.9. The molecule has 0 N–H and O–H groups in total. The van der Waals surface area contributed by atoms with Crippen LogP contribution in [0.3, 0.4) is 0 Å². The molecule has 382 valence electrons. The fraction of sp³-hybridized carbons (Fsp3) is 0. The van der Waals surface area contributed by atoms with Crippen LogP contribution in [0.2, 0.25) is 0 Å². The maximum Gasteiger partial charge on any atom is 0.150 e. The summed E-state index contributed by atoms with van der Waals surface area (Å²) in [6.45, 7) is 0. The van der Waals surface area contributed by atoms with E-state index in [0.29, 0.717) is 0 Å². The molecule has 0 radical (unpaired) electrons. The molecular weight excluding hydrogens is 997 g/mol. The first kappa shape index (κ1) is 48.0. The average Bonchev–Trinajstić information content (AvgIpc) is 4.25. The Hall–Kier alpha value is -10.4. The molecule has 0 aliphatic rings. The van der Waals surface area contributed by atoms with Crippen LogP contribution in [0.1, 0.15) is 0 Å². The van der Waals surface area contributed by atoms with Crippen molar-refractivity contribution in [2.24, 2.45) is 0 Å². The van der Waals surface area contributed by atoms with E-state index in [-0.39, 0.29) is 11.4 Å². The van der Waals surface area contributed by atoms with E-state index in [9.17, 15) is 8.78 Å². The highest BCUT2D eigenvalue weighted by Gasteiger charge is 2.22. The van der Waals surface area contributed by atoms with Crippen molar-refractivity contribution in [2.75, 3.05) is 9.80 Å². The second-order valence-corrected chi connectivity index (χ2v) is 19.9. The van der Waals surface area contributed by atoms with Crippen LogP contribution < -0.4 is 9.80 Å². The number of halogens is 4. The average molecular weight is 1040 g/mol. The van der Waals surface area contributed by atoms with Gasteiger partial charge in [0.15, 0.2) is 0 Å². The van der Waals surface area contributed by atoms with Gasteiger partial charge < -0.3 is 18.9 Å². The van der Waals surface area contributed by atoms with Gasteiger partial charge in [0.2, 0.25) is 0 Å². The summed E-state index contributed by atoms with van der Waals surface area (Å²) in [5.41, 5.74) is 15.9. The third-order valence-electron chi connectivity index (χ3n) is 15.2. The number of nitrogens with zero attached hydrogens (tertiary/aromatic N) is 4. The zero-order valence-electron chi connectivity index (χ0n) is 42.9. The van der Waals surface area contributed by atoms with Gasteiger partial charge in [-0.15, -0.1) is 0 Å². The van der Waals surface area contributed by atoms with Crippen LogP contribution >= 0.6 is 0 Å². The van der Waals surface area contributed by atoms with Gasteiger partial charge in [0.1, 0.15) is 23.3 Å². The summed E-state index contributed by atoms with van der Waals surface area (Å²) in [7, 11) is 0. The Balaban J connectivity index is 0.846. The Morgan fingerprint density at radius 3 is 0.850 bits per heavy atom. The molecule has 14 rings (SSSR count). The van der Waals surface area contributed by atoms with E-state index in [1.54, 1.807) is 0 Å². The number of aromatic nitrogens is 2. The summed E-state index contributed by atoms with van der Waals surface area (Å²) in [5, 5.41) is 3.75. The van der Waals surface area contributed by atoms with E-state index < -0.39 is 23.3 Å². The van der Waals surface area contributed by atoms with Crippen LogP contribution in [0, 0.1) is 23.3 Å². The maximum absolute atomic E-state index is 15.6. The molecule has 0 aliphatic heterocycles. The number of anilines is 6. The highest BCUT2D eigenvalue weighted by molar-refractivity contribution is 6.12.